The number of hydrogen-bond donors (Lipinski definition) is 1. The lowest BCUT2D eigenvalue weighted by Gasteiger charge is -2.34. The molecule has 5 nitrogen and oxygen atoms in total. The SMILES string of the molecule is CC(Cn1cccn1)NC(=O)C1(C#N)CCC1. The van der Waals surface area contributed by atoms with Gasteiger partial charge in [-0.05, 0) is 32.3 Å². The van der Waals surface area contributed by atoms with Gasteiger partial charge < -0.3 is 5.32 Å². The van der Waals surface area contributed by atoms with Crippen LogP contribution < -0.4 is 5.32 Å². The molecule has 0 radical (unpaired) electrons. The maximum Gasteiger partial charge on any atom is 0.240 e. The van der Waals surface area contributed by atoms with E-state index in [2.05, 4.69) is 16.5 Å². The average molecular weight is 232 g/mol. The van der Waals surface area contributed by atoms with Crippen LogP contribution in [-0.4, -0.2) is 21.7 Å². The number of carbonyl (C=O) groups is 1. The Hall–Kier alpha value is -1.83. The van der Waals surface area contributed by atoms with E-state index in [0.29, 0.717) is 19.4 Å². The molecule has 1 heterocycles. The first kappa shape index (κ1) is 11.6. The molecule has 1 fully saturated rings. The lowest BCUT2D eigenvalue weighted by Crippen LogP contribution is -2.48. The summed E-state index contributed by atoms with van der Waals surface area (Å²) in [6.45, 7) is 2.55. The Morgan fingerprint density at radius 3 is 2.94 bits per heavy atom. The Morgan fingerprint density at radius 1 is 1.71 bits per heavy atom. The molecule has 1 saturated carbocycles. The molecule has 0 spiro atoms. The van der Waals surface area contributed by atoms with Crippen molar-refractivity contribution in [3.63, 3.8) is 0 Å². The molecule has 17 heavy (non-hydrogen) atoms. The Balaban J connectivity index is 1.88. The predicted octanol–water partition coefficient (Wildman–Crippen LogP) is 1.08. The molecular formula is C12H16N4O. The monoisotopic (exact) mass is 232 g/mol. The lowest BCUT2D eigenvalue weighted by molar-refractivity contribution is -0.132. The highest BCUT2D eigenvalue weighted by Gasteiger charge is 2.44. The minimum atomic E-state index is -0.765. The number of hydrogen-bond acceptors (Lipinski definition) is 3. The van der Waals surface area contributed by atoms with Crippen LogP contribution in [0.2, 0.25) is 0 Å². The third kappa shape index (κ3) is 2.31. The van der Waals surface area contributed by atoms with Crippen molar-refractivity contribution >= 4 is 5.91 Å². The van der Waals surface area contributed by atoms with Crippen LogP contribution in [0.25, 0.3) is 0 Å². The Labute approximate surface area is 100 Å². The van der Waals surface area contributed by atoms with E-state index < -0.39 is 5.41 Å². The lowest BCUT2D eigenvalue weighted by atomic mass is 9.69. The van der Waals surface area contributed by atoms with Crippen molar-refractivity contribution < 1.29 is 4.79 Å². The summed E-state index contributed by atoms with van der Waals surface area (Å²) in [5, 5.41) is 16.0. The van der Waals surface area contributed by atoms with E-state index in [0.717, 1.165) is 6.42 Å². The van der Waals surface area contributed by atoms with Crippen LogP contribution in [0.4, 0.5) is 0 Å². The van der Waals surface area contributed by atoms with Crippen LogP contribution in [0.5, 0.6) is 0 Å². The summed E-state index contributed by atoms with van der Waals surface area (Å²) in [5.41, 5.74) is -0.765. The minimum Gasteiger partial charge on any atom is -0.350 e. The highest BCUT2D eigenvalue weighted by Crippen LogP contribution is 2.40. The molecule has 2 rings (SSSR count). The molecule has 0 saturated heterocycles. The normalized spacial score (nSPS) is 18.8. The number of rotatable bonds is 4. The number of nitrogens with one attached hydrogen (secondary N) is 1. The van der Waals surface area contributed by atoms with Crippen molar-refractivity contribution in [2.45, 2.75) is 38.8 Å². The molecule has 1 unspecified atom stereocenters. The van der Waals surface area contributed by atoms with E-state index in [1.165, 1.54) is 0 Å². The van der Waals surface area contributed by atoms with Crippen molar-refractivity contribution in [3.05, 3.63) is 18.5 Å². The quantitative estimate of drug-likeness (QED) is 0.844. The second-order valence-electron chi connectivity index (χ2n) is 4.65. The summed E-state index contributed by atoms with van der Waals surface area (Å²) >= 11 is 0. The number of nitriles is 1. The zero-order chi connectivity index (χ0) is 12.3. The maximum atomic E-state index is 12.0. The summed E-state index contributed by atoms with van der Waals surface area (Å²) in [5.74, 6) is -0.133. The van der Waals surface area contributed by atoms with Crippen molar-refractivity contribution in [2.75, 3.05) is 0 Å². The van der Waals surface area contributed by atoms with Crippen LogP contribution in [0.15, 0.2) is 18.5 Å². The second kappa shape index (κ2) is 4.58. The largest absolute Gasteiger partial charge is 0.350 e. The zero-order valence-electron chi connectivity index (χ0n) is 9.89. The van der Waals surface area contributed by atoms with Gasteiger partial charge in [0.05, 0.1) is 12.6 Å². The van der Waals surface area contributed by atoms with Crippen LogP contribution in [0.1, 0.15) is 26.2 Å². The average Bonchev–Trinajstić information content (AvgIpc) is 2.69. The second-order valence-corrected chi connectivity index (χ2v) is 4.65. The first-order valence-corrected chi connectivity index (χ1v) is 5.86. The van der Waals surface area contributed by atoms with Gasteiger partial charge in [-0.15, -0.1) is 0 Å². The minimum absolute atomic E-state index is 0.0202. The molecule has 1 atom stereocenters. The molecule has 1 aliphatic rings. The number of aromatic nitrogens is 2. The van der Waals surface area contributed by atoms with E-state index in [-0.39, 0.29) is 11.9 Å². The van der Waals surface area contributed by atoms with Crippen molar-refractivity contribution in [2.24, 2.45) is 5.41 Å². The van der Waals surface area contributed by atoms with Crippen LogP contribution in [0, 0.1) is 16.7 Å². The topological polar surface area (TPSA) is 70.7 Å². The van der Waals surface area contributed by atoms with E-state index in [9.17, 15) is 4.79 Å². The van der Waals surface area contributed by atoms with Gasteiger partial charge in [0.2, 0.25) is 5.91 Å². The maximum absolute atomic E-state index is 12.0. The van der Waals surface area contributed by atoms with E-state index in [1.54, 1.807) is 10.9 Å². The van der Waals surface area contributed by atoms with Crippen LogP contribution in [-0.2, 0) is 11.3 Å². The number of amides is 1. The van der Waals surface area contributed by atoms with Gasteiger partial charge >= 0.3 is 0 Å². The van der Waals surface area contributed by atoms with Gasteiger partial charge in [0.25, 0.3) is 0 Å². The number of nitrogens with zero attached hydrogens (tertiary/aromatic N) is 3. The zero-order valence-corrected chi connectivity index (χ0v) is 9.89. The number of carbonyl (C=O) groups excluding carboxylic acids is 1. The molecule has 1 aromatic heterocycles. The molecular weight excluding hydrogens is 216 g/mol. The Bertz CT molecular complexity index is 428. The van der Waals surface area contributed by atoms with Crippen LogP contribution in [0.3, 0.4) is 0 Å². The summed E-state index contributed by atoms with van der Waals surface area (Å²) in [6, 6.07) is 3.97. The van der Waals surface area contributed by atoms with E-state index >= 15 is 0 Å². The molecule has 90 valence electrons. The van der Waals surface area contributed by atoms with Gasteiger partial charge in [0, 0.05) is 18.4 Å². The van der Waals surface area contributed by atoms with Crippen LogP contribution >= 0.6 is 0 Å². The third-order valence-corrected chi connectivity index (χ3v) is 3.25. The first-order valence-electron chi connectivity index (χ1n) is 5.86. The summed E-state index contributed by atoms with van der Waals surface area (Å²) in [6.07, 6.45) is 5.89. The standard InChI is InChI=1S/C12H16N4O/c1-10(8-16-7-3-6-14-16)15-11(17)12(9-13)4-2-5-12/h3,6-7,10H,2,4-5,8H2,1H3,(H,15,17). The Morgan fingerprint density at radius 2 is 2.47 bits per heavy atom. The molecule has 5 heteroatoms. The van der Waals surface area contributed by atoms with Gasteiger partial charge in [-0.1, -0.05) is 0 Å². The first-order chi connectivity index (χ1) is 8.16. The third-order valence-electron chi connectivity index (χ3n) is 3.25. The van der Waals surface area contributed by atoms with Gasteiger partial charge in [0.15, 0.2) is 0 Å². The highest BCUT2D eigenvalue weighted by atomic mass is 16.2. The van der Waals surface area contributed by atoms with Gasteiger partial charge in [-0.3, -0.25) is 9.48 Å². The van der Waals surface area contributed by atoms with Gasteiger partial charge in [-0.25, -0.2) is 0 Å². The smallest absolute Gasteiger partial charge is 0.240 e. The molecule has 0 aromatic carbocycles. The van der Waals surface area contributed by atoms with Crippen molar-refractivity contribution in [1.29, 1.82) is 5.26 Å². The van der Waals surface area contributed by atoms with Gasteiger partial charge in [-0.2, -0.15) is 10.4 Å². The van der Waals surface area contributed by atoms with Crippen molar-refractivity contribution in [1.82, 2.24) is 15.1 Å². The van der Waals surface area contributed by atoms with E-state index in [1.807, 2.05) is 19.2 Å². The molecule has 1 aliphatic carbocycles. The molecule has 1 amide bonds. The molecule has 0 bridgehead atoms. The highest BCUT2D eigenvalue weighted by molar-refractivity contribution is 5.86. The fourth-order valence-electron chi connectivity index (χ4n) is 2.02. The molecule has 0 aliphatic heterocycles. The summed E-state index contributed by atoms with van der Waals surface area (Å²) in [4.78, 5) is 12.0. The Kier molecular flexibility index (Phi) is 3.14. The molecule has 1 aromatic rings. The fraction of sp³-hybridized carbons (Fsp3) is 0.583. The predicted molar refractivity (Wildman–Crippen MR) is 61.7 cm³/mol. The fourth-order valence-corrected chi connectivity index (χ4v) is 2.02. The van der Waals surface area contributed by atoms with E-state index in [4.69, 9.17) is 5.26 Å². The summed E-state index contributed by atoms with van der Waals surface area (Å²) in [7, 11) is 0. The molecule has 1 N–H and O–H groups in total. The summed E-state index contributed by atoms with van der Waals surface area (Å²) < 4.78 is 1.77. The van der Waals surface area contributed by atoms with Gasteiger partial charge in [0.1, 0.15) is 5.41 Å². The van der Waals surface area contributed by atoms with Crippen molar-refractivity contribution in [3.8, 4) is 6.07 Å².